The number of rotatable bonds is 0. The van der Waals surface area contributed by atoms with Gasteiger partial charge in [0.15, 0.2) is 0 Å². The Morgan fingerprint density at radius 1 is 0.526 bits per heavy atom. The first kappa shape index (κ1) is 21.3. The van der Waals surface area contributed by atoms with Crippen molar-refractivity contribution in [2.24, 2.45) is 0 Å². The maximum absolute atomic E-state index is 6.86. The summed E-state index contributed by atoms with van der Waals surface area (Å²) in [5.74, 6) is 0. The van der Waals surface area contributed by atoms with Crippen molar-refractivity contribution in [3.8, 4) is 0 Å². The van der Waals surface area contributed by atoms with Crippen LogP contribution in [0.5, 0.6) is 0 Å². The Kier molecular flexibility index (Phi) is 27.3. The fraction of sp³-hybridized carbons (Fsp3) is 0. The summed E-state index contributed by atoms with van der Waals surface area (Å²) in [5, 5.41) is 0. The van der Waals surface area contributed by atoms with Gasteiger partial charge in [-0.1, -0.05) is 72.8 Å². The maximum atomic E-state index is 6.86. The molecule has 0 heterocycles. The van der Waals surface area contributed by atoms with Crippen LogP contribution in [0.25, 0.3) is 26.4 Å². The highest BCUT2D eigenvalue weighted by atomic mass is 15.0. The Bertz CT molecular complexity index is 321. The lowest BCUT2D eigenvalue weighted by Gasteiger charge is -1.69. The Hall–Kier alpha value is -2.98. The summed E-state index contributed by atoms with van der Waals surface area (Å²) in [6.45, 7) is 0. The van der Waals surface area contributed by atoms with Gasteiger partial charge >= 0.3 is 0 Å². The largest absolute Gasteiger partial charge is 0.373 e. The fourth-order valence-electron chi connectivity index (χ4n) is 0.770. The van der Waals surface area contributed by atoms with E-state index >= 15 is 0 Å². The predicted molar refractivity (Wildman–Crippen MR) is 77.4 cm³/mol. The number of benzene rings is 2. The van der Waals surface area contributed by atoms with Gasteiger partial charge in [-0.3, -0.25) is 4.91 Å². The molecule has 0 spiro atoms. The maximum Gasteiger partial charge on any atom is -0.00208 e. The molecule has 100 valence electrons. The van der Waals surface area contributed by atoms with Crippen molar-refractivity contribution in [2.75, 3.05) is 0 Å². The first-order chi connectivity index (χ1) is 8.83. The predicted octanol–water partition coefficient (Wildman–Crippen LogP) is 5.28. The number of nitrogens with one attached hydrogen (secondary N) is 1. The molecule has 7 heteroatoms. The molecular formula is C12H16N7-. The second kappa shape index (κ2) is 24.3. The SMILES string of the molecule is N.[N-]=[N+]=N.[N-]=[N+]=[N-].c1ccccc1.c1ccccc1. The molecule has 0 aromatic heterocycles. The molecule has 0 aliphatic rings. The highest BCUT2D eigenvalue weighted by Gasteiger charge is 1.58. The van der Waals surface area contributed by atoms with Crippen LogP contribution in [-0.4, -0.2) is 0 Å². The van der Waals surface area contributed by atoms with Crippen LogP contribution in [0.15, 0.2) is 72.8 Å². The normalized spacial score (nSPS) is 5.89. The van der Waals surface area contributed by atoms with Crippen LogP contribution in [0, 0.1) is 5.53 Å². The quantitative estimate of drug-likeness (QED) is 0.368. The van der Waals surface area contributed by atoms with Crippen molar-refractivity contribution in [1.82, 2.24) is 6.15 Å². The molecule has 19 heavy (non-hydrogen) atoms. The molecule has 2 aromatic carbocycles. The highest BCUT2D eigenvalue weighted by Crippen LogP contribution is 1.80. The molecule has 0 aliphatic heterocycles. The van der Waals surface area contributed by atoms with Gasteiger partial charge in [0.1, 0.15) is 0 Å². The lowest BCUT2D eigenvalue weighted by Crippen LogP contribution is -1.47. The molecule has 0 saturated heterocycles. The average Bonchev–Trinajstić information content (AvgIpc) is 2.45. The third-order valence-corrected chi connectivity index (χ3v) is 1.33. The van der Waals surface area contributed by atoms with Crippen molar-refractivity contribution in [2.45, 2.75) is 0 Å². The fourth-order valence-corrected chi connectivity index (χ4v) is 0.770. The van der Waals surface area contributed by atoms with E-state index in [1.165, 1.54) is 4.91 Å². The number of hydrogen-bond donors (Lipinski definition) is 2. The van der Waals surface area contributed by atoms with Gasteiger partial charge in [0.25, 0.3) is 0 Å². The van der Waals surface area contributed by atoms with Crippen molar-refractivity contribution >= 4 is 0 Å². The Morgan fingerprint density at radius 3 is 0.632 bits per heavy atom. The van der Waals surface area contributed by atoms with Crippen LogP contribution in [0.3, 0.4) is 0 Å². The van der Waals surface area contributed by atoms with E-state index in [-0.39, 0.29) is 6.15 Å². The van der Waals surface area contributed by atoms with E-state index in [1.54, 1.807) is 4.91 Å². The first-order valence-electron chi connectivity index (χ1n) is 4.82. The van der Waals surface area contributed by atoms with Gasteiger partial charge < -0.3 is 17.2 Å². The zero-order valence-corrected chi connectivity index (χ0v) is 10.4. The molecule has 0 bridgehead atoms. The van der Waals surface area contributed by atoms with E-state index in [2.05, 4.69) is 0 Å². The second-order valence-corrected chi connectivity index (χ2v) is 2.50. The van der Waals surface area contributed by atoms with Gasteiger partial charge in [-0.05, 0) is 10.4 Å². The molecule has 7 nitrogen and oxygen atoms in total. The number of hydrogen-bond acceptors (Lipinski definition) is 2. The average molecular weight is 258 g/mol. The molecule has 0 aliphatic carbocycles. The molecular weight excluding hydrogens is 242 g/mol. The lowest BCUT2D eigenvalue weighted by molar-refractivity contribution is 1.45. The van der Waals surface area contributed by atoms with Gasteiger partial charge in [0, 0.05) is 0 Å². The summed E-state index contributed by atoms with van der Waals surface area (Å²) in [6, 6.07) is 24.0. The summed E-state index contributed by atoms with van der Waals surface area (Å²) >= 11 is 0. The van der Waals surface area contributed by atoms with E-state index < -0.39 is 0 Å². The van der Waals surface area contributed by atoms with E-state index in [1.807, 2.05) is 72.8 Å². The van der Waals surface area contributed by atoms with Crippen LogP contribution >= 0.6 is 0 Å². The minimum Gasteiger partial charge on any atom is -0.373 e. The molecule has 2 rings (SSSR count). The zero-order valence-electron chi connectivity index (χ0n) is 10.4. The lowest BCUT2D eigenvalue weighted by atomic mass is 10.4. The Morgan fingerprint density at radius 2 is 0.579 bits per heavy atom. The van der Waals surface area contributed by atoms with E-state index in [9.17, 15) is 0 Å². The molecule has 0 fully saturated rings. The summed E-state index contributed by atoms with van der Waals surface area (Å²) < 4.78 is 0. The van der Waals surface area contributed by atoms with Crippen molar-refractivity contribution in [1.29, 1.82) is 5.53 Å². The third kappa shape index (κ3) is 31.3. The van der Waals surface area contributed by atoms with Gasteiger partial charge in [0.05, 0.1) is 0 Å². The molecule has 0 saturated carbocycles. The van der Waals surface area contributed by atoms with Crippen LogP contribution in [0.1, 0.15) is 0 Å². The molecule has 4 N–H and O–H groups in total. The van der Waals surface area contributed by atoms with Gasteiger partial charge in [-0.2, -0.15) is 0 Å². The molecule has 0 atom stereocenters. The van der Waals surface area contributed by atoms with Crippen LogP contribution in [0.4, 0.5) is 0 Å². The van der Waals surface area contributed by atoms with Gasteiger partial charge in [-0.25, -0.2) is 0 Å². The summed E-state index contributed by atoms with van der Waals surface area (Å²) in [5.41, 5.74) is 25.8. The minimum atomic E-state index is 0. The summed E-state index contributed by atoms with van der Waals surface area (Å²) in [4.78, 5) is 3.25. The number of nitrogens with zero attached hydrogens (tertiary/aromatic N) is 5. The first-order valence-corrected chi connectivity index (χ1v) is 4.82. The monoisotopic (exact) mass is 258 g/mol. The van der Waals surface area contributed by atoms with Gasteiger partial charge in [0.2, 0.25) is 0 Å². The molecule has 0 amide bonds. The summed E-state index contributed by atoms with van der Waals surface area (Å²) in [6.07, 6.45) is 0. The summed E-state index contributed by atoms with van der Waals surface area (Å²) in [7, 11) is 0. The molecule has 2 aromatic rings. The van der Waals surface area contributed by atoms with Crippen molar-refractivity contribution < 1.29 is 0 Å². The van der Waals surface area contributed by atoms with Crippen molar-refractivity contribution in [3.63, 3.8) is 0 Å². The Balaban J connectivity index is -0.000000188. The highest BCUT2D eigenvalue weighted by molar-refractivity contribution is 4.99. The topological polar surface area (TPSA) is 154 Å². The minimum absolute atomic E-state index is 0. The molecule has 0 unspecified atom stereocenters. The van der Waals surface area contributed by atoms with E-state index in [0.29, 0.717) is 0 Å². The standard InChI is InChI=1S/2C6H6.HN3.N3.H3N/c2*1-2-4-6-5-3-1;2*1-3-2;/h2*1-6H;1H;;1H3/q;;;-1;. The van der Waals surface area contributed by atoms with E-state index in [4.69, 9.17) is 22.1 Å². The van der Waals surface area contributed by atoms with Crippen LogP contribution in [-0.2, 0) is 0 Å². The smallest absolute Gasteiger partial charge is 0.00208 e. The molecule has 0 radical (unpaired) electrons. The zero-order chi connectivity index (χ0) is 13.9. The van der Waals surface area contributed by atoms with Crippen molar-refractivity contribution in [3.05, 3.63) is 99.2 Å². The van der Waals surface area contributed by atoms with Crippen LogP contribution < -0.4 is 6.15 Å². The van der Waals surface area contributed by atoms with E-state index in [0.717, 1.165) is 0 Å². The Labute approximate surface area is 111 Å². The van der Waals surface area contributed by atoms with Crippen LogP contribution in [0.2, 0.25) is 0 Å². The van der Waals surface area contributed by atoms with Gasteiger partial charge in [-0.15, -0.1) is 5.53 Å². The second-order valence-electron chi connectivity index (χ2n) is 2.50. The third-order valence-electron chi connectivity index (χ3n) is 1.33.